The van der Waals surface area contributed by atoms with Gasteiger partial charge in [0, 0.05) is 23.6 Å². The van der Waals surface area contributed by atoms with Crippen molar-refractivity contribution in [2.24, 2.45) is 0 Å². The summed E-state index contributed by atoms with van der Waals surface area (Å²) in [6.45, 7) is 0. The van der Waals surface area contributed by atoms with Crippen LogP contribution >= 0.6 is 23.6 Å². The van der Waals surface area contributed by atoms with Crippen molar-refractivity contribution >= 4 is 41.0 Å². The normalized spacial score (nSPS) is 9.89. The number of hydrogen-bond donors (Lipinski definition) is 0. The molecule has 0 saturated carbocycles. The van der Waals surface area contributed by atoms with Gasteiger partial charge in [-0.15, -0.1) is 3.94 Å². The molecule has 0 aromatic heterocycles. The van der Waals surface area contributed by atoms with Crippen LogP contribution < -0.4 is 4.90 Å². The van der Waals surface area contributed by atoms with Crippen LogP contribution in [-0.4, -0.2) is 9.97 Å². The van der Waals surface area contributed by atoms with Gasteiger partial charge in [-0.3, -0.25) is 4.90 Å². The Balaban J connectivity index is 2.45. The first-order valence-corrected chi connectivity index (χ1v) is 5.93. The van der Waals surface area contributed by atoms with Gasteiger partial charge in [0.15, 0.2) is 0 Å². The van der Waals surface area contributed by atoms with Crippen LogP contribution in [0.4, 0.5) is 16.2 Å². The lowest BCUT2D eigenvalue weighted by Gasteiger charge is -2.23. The van der Waals surface area contributed by atoms with Crippen molar-refractivity contribution in [3.63, 3.8) is 0 Å². The van der Waals surface area contributed by atoms with Crippen LogP contribution in [0.5, 0.6) is 0 Å². The number of halogens is 2. The van der Waals surface area contributed by atoms with E-state index in [4.69, 9.17) is 23.6 Å². The molecule has 0 N–H and O–H groups in total. The van der Waals surface area contributed by atoms with Crippen LogP contribution in [0, 0.1) is 0 Å². The highest BCUT2D eigenvalue weighted by Crippen LogP contribution is 2.27. The minimum absolute atomic E-state index is 0.514. The second-order valence-corrected chi connectivity index (χ2v) is 4.37. The molecule has 0 aliphatic heterocycles. The first kappa shape index (κ1) is 12.7. The number of nitrogens with zero attached hydrogens (tertiary/aromatic N) is 2. The van der Waals surface area contributed by atoms with Crippen molar-refractivity contribution in [3.8, 4) is 0 Å². The smallest absolute Gasteiger partial charge is 0.261 e. The van der Waals surface area contributed by atoms with Gasteiger partial charge in [0.2, 0.25) is 0 Å². The maximum atomic E-state index is 12.0. The topological polar surface area (TPSA) is 23.6 Å². The molecule has 0 bridgehead atoms. The van der Waals surface area contributed by atoms with E-state index in [2.05, 4.69) is 0 Å². The minimum Gasteiger partial charge on any atom is -0.261 e. The van der Waals surface area contributed by atoms with E-state index in [1.165, 1.54) is 4.90 Å². The van der Waals surface area contributed by atoms with Gasteiger partial charge in [-0.1, -0.05) is 36.4 Å². The fraction of sp³-hybridized carbons (Fsp3) is 0. The number of rotatable bonds is 2. The van der Waals surface area contributed by atoms with Gasteiger partial charge in [0.1, 0.15) is 0 Å². The number of hydrogen-bond acceptors (Lipinski definition) is 1. The monoisotopic (exact) mass is 280 g/mol. The van der Waals surface area contributed by atoms with Crippen LogP contribution in [-0.2, 0) is 0 Å². The van der Waals surface area contributed by atoms with E-state index in [0.29, 0.717) is 15.3 Å². The van der Waals surface area contributed by atoms with Gasteiger partial charge >= 0.3 is 6.03 Å². The number of para-hydroxylation sites is 2. The molecule has 2 amide bonds. The summed E-state index contributed by atoms with van der Waals surface area (Å²) in [4.78, 5) is 13.5. The number of urea groups is 1. The van der Waals surface area contributed by atoms with Crippen molar-refractivity contribution < 1.29 is 4.79 Å². The van der Waals surface area contributed by atoms with E-state index < -0.39 is 6.03 Å². The Morgan fingerprint density at radius 3 is 1.50 bits per heavy atom. The Morgan fingerprint density at radius 2 is 1.17 bits per heavy atom. The molecule has 0 aliphatic carbocycles. The molecule has 3 nitrogen and oxygen atoms in total. The largest absolute Gasteiger partial charge is 0.359 e. The molecule has 5 heteroatoms. The van der Waals surface area contributed by atoms with Gasteiger partial charge < -0.3 is 0 Å². The quantitative estimate of drug-likeness (QED) is 0.740. The third kappa shape index (κ3) is 2.75. The highest BCUT2D eigenvalue weighted by atomic mass is 35.5. The predicted octanol–water partition coefficient (Wildman–Crippen LogP) is 4.55. The summed E-state index contributed by atoms with van der Waals surface area (Å²) in [6, 6.07) is 17.8. The fourth-order valence-corrected chi connectivity index (χ4v) is 1.75. The Bertz CT molecular complexity index is 478. The van der Waals surface area contributed by atoms with Crippen molar-refractivity contribution in [2.75, 3.05) is 4.90 Å². The zero-order valence-electron chi connectivity index (χ0n) is 9.33. The summed E-state index contributed by atoms with van der Waals surface area (Å²) in [5, 5.41) is 0. The minimum atomic E-state index is -0.532. The van der Waals surface area contributed by atoms with Gasteiger partial charge in [-0.05, 0) is 24.3 Å². The SMILES string of the molecule is O=C(N(Cl)Cl)N(c1ccccc1)c1ccccc1. The van der Waals surface area contributed by atoms with Gasteiger partial charge in [0.25, 0.3) is 0 Å². The third-order valence-corrected chi connectivity index (χ3v) is 2.65. The molecule has 0 aliphatic rings. The number of benzene rings is 2. The van der Waals surface area contributed by atoms with Crippen molar-refractivity contribution in [1.82, 2.24) is 3.94 Å². The Hall–Kier alpha value is -1.71. The van der Waals surface area contributed by atoms with Crippen molar-refractivity contribution in [3.05, 3.63) is 60.7 Å². The zero-order valence-corrected chi connectivity index (χ0v) is 10.8. The molecule has 0 saturated heterocycles. The average Bonchev–Trinajstić information content (AvgIpc) is 2.41. The lowest BCUT2D eigenvalue weighted by Crippen LogP contribution is -2.30. The van der Waals surface area contributed by atoms with E-state index in [1.807, 2.05) is 60.7 Å². The van der Waals surface area contributed by atoms with E-state index in [0.717, 1.165) is 0 Å². The summed E-state index contributed by atoms with van der Waals surface area (Å²) < 4.78 is 0.514. The van der Waals surface area contributed by atoms with E-state index >= 15 is 0 Å². The van der Waals surface area contributed by atoms with Crippen LogP contribution in [0.2, 0.25) is 0 Å². The standard InChI is InChI=1S/C13H10Cl2N2O/c14-17(15)13(18)16(11-7-3-1-4-8-11)12-9-5-2-6-10-12/h1-10H. The van der Waals surface area contributed by atoms with Gasteiger partial charge in [0.05, 0.1) is 11.4 Å². The zero-order chi connectivity index (χ0) is 13.0. The molecule has 0 heterocycles. The molecule has 0 spiro atoms. The molecule has 0 atom stereocenters. The highest BCUT2D eigenvalue weighted by molar-refractivity contribution is 6.43. The number of amides is 2. The molecule has 0 radical (unpaired) electrons. The summed E-state index contributed by atoms with van der Waals surface area (Å²) >= 11 is 11.1. The van der Waals surface area contributed by atoms with Crippen LogP contribution in [0.25, 0.3) is 0 Å². The Kier molecular flexibility index (Phi) is 4.07. The Morgan fingerprint density at radius 1 is 0.778 bits per heavy atom. The van der Waals surface area contributed by atoms with E-state index in [9.17, 15) is 4.79 Å². The molecule has 2 aromatic carbocycles. The molecule has 0 unspecified atom stereocenters. The second-order valence-electron chi connectivity index (χ2n) is 3.52. The third-order valence-electron chi connectivity index (χ3n) is 2.36. The first-order valence-electron chi connectivity index (χ1n) is 5.26. The molecular formula is C13H10Cl2N2O. The summed E-state index contributed by atoms with van der Waals surface area (Å²) in [6.07, 6.45) is 0. The van der Waals surface area contributed by atoms with Crippen LogP contribution in [0.15, 0.2) is 60.7 Å². The fourth-order valence-electron chi connectivity index (χ4n) is 1.60. The lowest BCUT2D eigenvalue weighted by atomic mass is 10.2. The first-order chi connectivity index (χ1) is 8.70. The van der Waals surface area contributed by atoms with Crippen molar-refractivity contribution in [2.45, 2.75) is 0 Å². The van der Waals surface area contributed by atoms with Crippen LogP contribution in [0.1, 0.15) is 0 Å². The second kappa shape index (κ2) is 5.76. The maximum absolute atomic E-state index is 12.0. The molecular weight excluding hydrogens is 271 g/mol. The van der Waals surface area contributed by atoms with Crippen LogP contribution in [0.3, 0.4) is 0 Å². The van der Waals surface area contributed by atoms with E-state index in [1.54, 1.807) is 0 Å². The molecule has 92 valence electrons. The molecule has 2 rings (SSSR count). The molecule has 2 aromatic rings. The van der Waals surface area contributed by atoms with E-state index in [-0.39, 0.29) is 0 Å². The highest BCUT2D eigenvalue weighted by Gasteiger charge is 2.21. The summed E-state index contributed by atoms with van der Waals surface area (Å²) in [5.74, 6) is 0. The Labute approximate surface area is 115 Å². The number of carbonyl (C=O) groups excluding carboxylic acids is 1. The van der Waals surface area contributed by atoms with Gasteiger partial charge in [-0.25, -0.2) is 4.79 Å². The maximum Gasteiger partial charge on any atom is 0.359 e. The predicted molar refractivity (Wildman–Crippen MR) is 74.0 cm³/mol. The molecule has 18 heavy (non-hydrogen) atoms. The van der Waals surface area contributed by atoms with Crippen molar-refractivity contribution in [1.29, 1.82) is 0 Å². The summed E-state index contributed by atoms with van der Waals surface area (Å²) in [7, 11) is 0. The number of anilines is 2. The number of carbonyl (C=O) groups is 1. The summed E-state index contributed by atoms with van der Waals surface area (Å²) in [5.41, 5.74) is 1.39. The molecule has 0 fully saturated rings. The average molecular weight is 281 g/mol. The lowest BCUT2D eigenvalue weighted by molar-refractivity contribution is 0.244. The van der Waals surface area contributed by atoms with Gasteiger partial charge in [-0.2, -0.15) is 0 Å².